The maximum absolute atomic E-state index is 10.9. The van der Waals surface area contributed by atoms with Crippen LogP contribution in [0, 0.1) is 10.1 Å². The van der Waals surface area contributed by atoms with Crippen molar-refractivity contribution in [2.75, 3.05) is 7.05 Å². The lowest BCUT2D eigenvalue weighted by Crippen LogP contribution is -2.35. The summed E-state index contributed by atoms with van der Waals surface area (Å²) in [5.74, 6) is -0.978. The fourth-order valence-electron chi connectivity index (χ4n) is 1.43. The summed E-state index contributed by atoms with van der Waals surface area (Å²) in [6.45, 7) is 1.69. The number of aliphatic carboxylic acids is 1. The number of nitrogens with zero attached hydrogens (tertiary/aromatic N) is 2. The maximum Gasteiger partial charge on any atom is 0.320 e. The van der Waals surface area contributed by atoms with Crippen molar-refractivity contribution in [1.82, 2.24) is 4.90 Å². The topological polar surface area (TPSA) is 83.7 Å². The van der Waals surface area contributed by atoms with Gasteiger partial charge in [-0.25, -0.2) is 0 Å². The van der Waals surface area contributed by atoms with Crippen LogP contribution in [0.25, 0.3) is 0 Å². The summed E-state index contributed by atoms with van der Waals surface area (Å²) < 4.78 is 0. The Morgan fingerprint density at radius 1 is 1.61 bits per heavy atom. The highest BCUT2D eigenvalue weighted by Gasteiger charge is 2.21. The minimum absolute atomic E-state index is 0.105. The second kappa shape index (κ2) is 5.79. The van der Waals surface area contributed by atoms with Gasteiger partial charge in [0.05, 0.1) is 4.92 Å². The molecule has 0 saturated carbocycles. The van der Waals surface area contributed by atoms with Crippen molar-refractivity contribution in [3.8, 4) is 0 Å². The van der Waals surface area contributed by atoms with Crippen LogP contribution in [-0.2, 0) is 11.3 Å². The lowest BCUT2D eigenvalue weighted by Gasteiger charge is -2.20. The predicted molar refractivity (Wildman–Crippen MR) is 66.7 cm³/mol. The first-order valence-corrected chi connectivity index (χ1v) is 5.56. The predicted octanol–water partition coefficient (Wildman–Crippen LogP) is 2.15. The summed E-state index contributed by atoms with van der Waals surface area (Å²) in [6.07, 6.45) is 0. The molecule has 0 fully saturated rings. The molecule has 0 aliphatic carbocycles. The summed E-state index contributed by atoms with van der Waals surface area (Å²) in [6, 6.07) is 3.62. The molecule has 7 heteroatoms. The lowest BCUT2D eigenvalue weighted by molar-refractivity contribution is -0.385. The van der Waals surface area contributed by atoms with Gasteiger partial charge in [0.2, 0.25) is 0 Å². The molecule has 0 saturated heterocycles. The number of nitro groups is 1. The molecular weight excluding hydrogens is 260 g/mol. The standard InChI is InChI=1S/C11H13ClN2O4/c1-7(11(15)16)13(2)6-8-3-4-9(12)5-10(8)14(17)18/h3-5,7H,6H2,1-2H3,(H,15,16). The zero-order valence-electron chi connectivity index (χ0n) is 9.96. The lowest BCUT2D eigenvalue weighted by atomic mass is 10.1. The second-order valence-corrected chi connectivity index (χ2v) is 4.40. The molecule has 0 heterocycles. The van der Waals surface area contributed by atoms with E-state index in [-0.39, 0.29) is 17.3 Å². The number of halogens is 1. The first-order chi connectivity index (χ1) is 8.32. The van der Waals surface area contributed by atoms with Crippen molar-refractivity contribution < 1.29 is 14.8 Å². The third-order valence-corrected chi connectivity index (χ3v) is 2.92. The molecule has 0 aliphatic heterocycles. The first-order valence-electron chi connectivity index (χ1n) is 5.18. The molecule has 1 aromatic rings. The summed E-state index contributed by atoms with van der Waals surface area (Å²) in [4.78, 5) is 22.7. The maximum atomic E-state index is 10.9. The van der Waals surface area contributed by atoms with E-state index in [2.05, 4.69) is 0 Å². The molecule has 0 radical (unpaired) electrons. The minimum atomic E-state index is -0.978. The molecule has 1 unspecified atom stereocenters. The average Bonchev–Trinajstić information content (AvgIpc) is 2.29. The van der Waals surface area contributed by atoms with E-state index in [1.807, 2.05) is 0 Å². The highest BCUT2D eigenvalue weighted by atomic mass is 35.5. The van der Waals surface area contributed by atoms with Crippen LogP contribution in [0.1, 0.15) is 12.5 Å². The van der Waals surface area contributed by atoms with E-state index in [0.29, 0.717) is 5.56 Å². The normalized spacial score (nSPS) is 12.4. The van der Waals surface area contributed by atoms with Crippen molar-refractivity contribution in [2.45, 2.75) is 19.5 Å². The average molecular weight is 273 g/mol. The highest BCUT2D eigenvalue weighted by Crippen LogP contribution is 2.24. The molecule has 0 bridgehead atoms. The molecule has 1 aromatic carbocycles. The number of likely N-dealkylation sites (N-methyl/N-ethyl adjacent to an activating group) is 1. The van der Waals surface area contributed by atoms with Crippen LogP contribution >= 0.6 is 11.6 Å². The van der Waals surface area contributed by atoms with Crippen molar-refractivity contribution in [1.29, 1.82) is 0 Å². The molecule has 0 amide bonds. The van der Waals surface area contributed by atoms with E-state index < -0.39 is 16.9 Å². The van der Waals surface area contributed by atoms with E-state index in [4.69, 9.17) is 16.7 Å². The van der Waals surface area contributed by atoms with Gasteiger partial charge in [-0.3, -0.25) is 19.8 Å². The summed E-state index contributed by atoms with van der Waals surface area (Å²) in [5, 5.41) is 20.0. The third kappa shape index (κ3) is 3.41. The Balaban J connectivity index is 2.97. The number of carboxylic acid groups (broad SMARTS) is 1. The molecule has 0 aliphatic rings. The Bertz CT molecular complexity index is 478. The minimum Gasteiger partial charge on any atom is -0.480 e. The molecule has 1 atom stereocenters. The number of carboxylic acids is 1. The van der Waals surface area contributed by atoms with Gasteiger partial charge in [0.15, 0.2) is 0 Å². The molecule has 1 rings (SSSR count). The SMILES string of the molecule is CC(C(=O)O)N(C)Cc1ccc(Cl)cc1[N+](=O)[O-]. The molecule has 6 nitrogen and oxygen atoms in total. The van der Waals surface area contributed by atoms with Gasteiger partial charge in [0.25, 0.3) is 5.69 Å². The van der Waals surface area contributed by atoms with Crippen molar-refractivity contribution in [3.63, 3.8) is 0 Å². The molecular formula is C11H13ClN2O4. The van der Waals surface area contributed by atoms with Gasteiger partial charge < -0.3 is 5.11 Å². The number of hydrogen-bond acceptors (Lipinski definition) is 4. The van der Waals surface area contributed by atoms with Crippen LogP contribution in [0.5, 0.6) is 0 Å². The van der Waals surface area contributed by atoms with Gasteiger partial charge in [0, 0.05) is 23.2 Å². The Labute approximate surface area is 109 Å². The first kappa shape index (κ1) is 14.4. The monoisotopic (exact) mass is 272 g/mol. The molecule has 18 heavy (non-hydrogen) atoms. The van der Waals surface area contributed by atoms with E-state index in [1.54, 1.807) is 13.1 Å². The molecule has 1 N–H and O–H groups in total. The number of nitro benzene ring substituents is 1. The zero-order chi connectivity index (χ0) is 13.9. The Hall–Kier alpha value is -1.66. The molecule has 98 valence electrons. The number of benzene rings is 1. The Kier molecular flexibility index (Phi) is 4.63. The van der Waals surface area contributed by atoms with E-state index >= 15 is 0 Å². The second-order valence-electron chi connectivity index (χ2n) is 3.96. The van der Waals surface area contributed by atoms with Gasteiger partial charge in [-0.1, -0.05) is 11.6 Å². The third-order valence-electron chi connectivity index (χ3n) is 2.68. The van der Waals surface area contributed by atoms with Gasteiger partial charge in [-0.2, -0.15) is 0 Å². The zero-order valence-corrected chi connectivity index (χ0v) is 10.7. The summed E-state index contributed by atoms with van der Waals surface area (Å²) in [7, 11) is 1.59. The fourth-order valence-corrected chi connectivity index (χ4v) is 1.60. The Morgan fingerprint density at radius 3 is 2.72 bits per heavy atom. The van der Waals surface area contributed by atoms with Gasteiger partial charge >= 0.3 is 5.97 Å². The molecule has 0 spiro atoms. The number of carbonyl (C=O) groups is 1. The van der Waals surface area contributed by atoms with Gasteiger partial charge in [0.1, 0.15) is 6.04 Å². The quantitative estimate of drug-likeness (QED) is 0.656. The van der Waals surface area contributed by atoms with Crippen LogP contribution in [0.15, 0.2) is 18.2 Å². The molecule has 0 aromatic heterocycles. The fraction of sp³-hybridized carbons (Fsp3) is 0.364. The largest absolute Gasteiger partial charge is 0.480 e. The summed E-state index contributed by atoms with van der Waals surface area (Å²) in [5.41, 5.74) is 0.326. The van der Waals surface area contributed by atoms with E-state index in [1.165, 1.54) is 24.0 Å². The van der Waals surface area contributed by atoms with Crippen molar-refractivity contribution in [2.24, 2.45) is 0 Å². The number of hydrogen-bond donors (Lipinski definition) is 1. The van der Waals surface area contributed by atoms with Crippen LogP contribution in [0.3, 0.4) is 0 Å². The highest BCUT2D eigenvalue weighted by molar-refractivity contribution is 6.30. The van der Waals surface area contributed by atoms with Crippen molar-refractivity contribution in [3.05, 3.63) is 38.9 Å². The number of rotatable bonds is 5. The Morgan fingerprint density at radius 2 is 2.22 bits per heavy atom. The summed E-state index contributed by atoms with van der Waals surface area (Å²) >= 11 is 5.70. The van der Waals surface area contributed by atoms with E-state index in [0.717, 1.165) is 0 Å². The van der Waals surface area contributed by atoms with E-state index in [9.17, 15) is 14.9 Å². The van der Waals surface area contributed by atoms with Gasteiger partial charge in [-0.15, -0.1) is 0 Å². The smallest absolute Gasteiger partial charge is 0.320 e. The van der Waals surface area contributed by atoms with Gasteiger partial charge in [-0.05, 0) is 26.1 Å². The van der Waals surface area contributed by atoms with Crippen LogP contribution < -0.4 is 0 Å². The van der Waals surface area contributed by atoms with Crippen LogP contribution in [0.4, 0.5) is 5.69 Å². The van der Waals surface area contributed by atoms with Crippen LogP contribution in [0.2, 0.25) is 5.02 Å². The van der Waals surface area contributed by atoms with Crippen molar-refractivity contribution >= 4 is 23.3 Å². The van der Waals surface area contributed by atoms with Crippen LogP contribution in [-0.4, -0.2) is 34.0 Å².